The highest BCUT2D eigenvalue weighted by Gasteiger charge is 2.12. The van der Waals surface area contributed by atoms with E-state index in [1.165, 1.54) is 10.9 Å². The first-order valence-corrected chi connectivity index (χ1v) is 8.13. The third-order valence-corrected chi connectivity index (χ3v) is 4.53. The number of hydrogen-bond acceptors (Lipinski definition) is 2. The maximum Gasteiger partial charge on any atom is 0.0752 e. The molecule has 3 heteroatoms. The summed E-state index contributed by atoms with van der Waals surface area (Å²) < 4.78 is 0. The van der Waals surface area contributed by atoms with Gasteiger partial charge in [-0.3, -0.25) is 4.98 Å². The zero-order chi connectivity index (χ0) is 15.6. The number of halogens is 1. The zero-order valence-corrected chi connectivity index (χ0v) is 14.4. The van der Waals surface area contributed by atoms with E-state index in [2.05, 4.69) is 45.1 Å². The second kappa shape index (κ2) is 6.76. The van der Waals surface area contributed by atoms with Gasteiger partial charge in [-0.15, -0.1) is 0 Å². The first-order valence-electron chi connectivity index (χ1n) is 7.76. The average molecular weight is 305 g/mol. The first kappa shape index (κ1) is 16.3. The zero-order valence-electron chi connectivity index (χ0n) is 13.6. The Kier molecular flexibility index (Phi) is 5.23. The van der Waals surface area contributed by atoms with Crippen molar-refractivity contribution in [1.82, 2.24) is 10.3 Å². The Morgan fingerprint density at radius 1 is 1.24 bits per heavy atom. The minimum Gasteiger partial charge on any atom is -0.310 e. The number of benzene rings is 1. The van der Waals surface area contributed by atoms with Gasteiger partial charge in [0.15, 0.2) is 0 Å². The van der Waals surface area contributed by atoms with E-state index in [4.69, 9.17) is 16.6 Å². The summed E-state index contributed by atoms with van der Waals surface area (Å²) in [5.41, 5.74) is 4.55. The fourth-order valence-corrected chi connectivity index (χ4v) is 2.52. The van der Waals surface area contributed by atoms with Crippen molar-refractivity contribution in [2.75, 3.05) is 0 Å². The Bertz CT molecular complexity index is 635. The summed E-state index contributed by atoms with van der Waals surface area (Å²) in [5, 5.41) is 5.57. The molecule has 1 aromatic carbocycles. The topological polar surface area (TPSA) is 24.9 Å². The minimum atomic E-state index is 0.412. The van der Waals surface area contributed by atoms with Crippen molar-refractivity contribution in [1.29, 1.82) is 0 Å². The molecule has 0 radical (unpaired) electrons. The van der Waals surface area contributed by atoms with Gasteiger partial charge < -0.3 is 5.32 Å². The first-order chi connectivity index (χ1) is 9.93. The lowest BCUT2D eigenvalue weighted by atomic mass is 10.0. The summed E-state index contributed by atoms with van der Waals surface area (Å²) in [7, 11) is 0. The smallest absolute Gasteiger partial charge is 0.0752 e. The fourth-order valence-electron chi connectivity index (χ4n) is 2.37. The van der Waals surface area contributed by atoms with Gasteiger partial charge in [0.05, 0.1) is 5.52 Å². The lowest BCUT2D eigenvalue weighted by Gasteiger charge is -2.16. The van der Waals surface area contributed by atoms with Crippen LogP contribution < -0.4 is 5.32 Å². The summed E-state index contributed by atoms with van der Waals surface area (Å²) in [4.78, 5) is 4.83. The number of aryl methyl sites for hydroxylation is 1. The molecule has 0 bridgehead atoms. The molecule has 0 fully saturated rings. The molecule has 0 aliphatic heterocycles. The molecule has 1 heterocycles. The molecule has 0 aliphatic carbocycles. The van der Waals surface area contributed by atoms with Gasteiger partial charge in [0.25, 0.3) is 0 Å². The van der Waals surface area contributed by atoms with Gasteiger partial charge in [-0.1, -0.05) is 38.4 Å². The van der Waals surface area contributed by atoms with Crippen LogP contribution in [0.1, 0.15) is 56.9 Å². The number of pyridine rings is 1. The molecule has 1 N–H and O–H groups in total. The van der Waals surface area contributed by atoms with Crippen LogP contribution in [0.4, 0.5) is 0 Å². The number of nitrogens with one attached hydrogen (secondary N) is 1. The van der Waals surface area contributed by atoms with Crippen molar-refractivity contribution < 1.29 is 0 Å². The number of fused-ring (bicyclic) bond motifs is 1. The van der Waals surface area contributed by atoms with Crippen LogP contribution in [0, 0.1) is 6.92 Å². The fraction of sp³-hybridized carbons (Fsp3) is 0.500. The van der Waals surface area contributed by atoms with Crippen molar-refractivity contribution in [3.8, 4) is 0 Å². The molecule has 1 unspecified atom stereocenters. The third-order valence-electron chi connectivity index (χ3n) is 4.12. The molecule has 2 nitrogen and oxygen atoms in total. The SMILES string of the molecule is CCC(C)NCc1cc(C(C)C)nc2c(C)c(Cl)ccc12. The van der Waals surface area contributed by atoms with Gasteiger partial charge in [0.2, 0.25) is 0 Å². The van der Waals surface area contributed by atoms with Gasteiger partial charge in [-0.05, 0) is 49.4 Å². The van der Waals surface area contributed by atoms with E-state index in [1.54, 1.807) is 0 Å². The predicted molar refractivity (Wildman–Crippen MR) is 92.2 cm³/mol. The Morgan fingerprint density at radius 3 is 2.57 bits per heavy atom. The molecule has 0 saturated heterocycles. The van der Waals surface area contributed by atoms with E-state index < -0.39 is 0 Å². The molecule has 21 heavy (non-hydrogen) atoms. The largest absolute Gasteiger partial charge is 0.310 e. The van der Waals surface area contributed by atoms with Crippen LogP contribution in [0.15, 0.2) is 18.2 Å². The second-order valence-electron chi connectivity index (χ2n) is 6.12. The van der Waals surface area contributed by atoms with E-state index in [-0.39, 0.29) is 0 Å². The number of nitrogens with zero attached hydrogens (tertiary/aromatic N) is 1. The molecular formula is C18H25ClN2. The van der Waals surface area contributed by atoms with Crippen molar-refractivity contribution in [3.63, 3.8) is 0 Å². The van der Waals surface area contributed by atoms with Gasteiger partial charge in [-0.2, -0.15) is 0 Å². The highest BCUT2D eigenvalue weighted by Crippen LogP contribution is 2.28. The summed E-state index contributed by atoms with van der Waals surface area (Å²) in [5.74, 6) is 0.412. The van der Waals surface area contributed by atoms with E-state index in [0.29, 0.717) is 12.0 Å². The molecule has 1 atom stereocenters. The van der Waals surface area contributed by atoms with E-state index in [0.717, 1.165) is 34.8 Å². The van der Waals surface area contributed by atoms with Gasteiger partial charge in [-0.25, -0.2) is 0 Å². The number of aromatic nitrogens is 1. The summed E-state index contributed by atoms with van der Waals surface area (Å²) in [6.07, 6.45) is 1.13. The van der Waals surface area contributed by atoms with Crippen LogP contribution in [0.25, 0.3) is 10.9 Å². The highest BCUT2D eigenvalue weighted by atomic mass is 35.5. The standard InChI is InChI=1S/C18H25ClN2/c1-6-12(4)20-10-14-9-17(11(2)3)21-18-13(5)16(19)8-7-15(14)18/h7-9,11-12,20H,6,10H2,1-5H3. The normalized spacial score (nSPS) is 13.1. The lowest BCUT2D eigenvalue weighted by Crippen LogP contribution is -2.24. The van der Waals surface area contributed by atoms with Crippen LogP contribution in [0.5, 0.6) is 0 Å². The molecule has 114 valence electrons. The van der Waals surface area contributed by atoms with Crippen LogP contribution >= 0.6 is 11.6 Å². The molecule has 2 aromatic rings. The maximum absolute atomic E-state index is 6.27. The Morgan fingerprint density at radius 2 is 1.95 bits per heavy atom. The van der Waals surface area contributed by atoms with Crippen LogP contribution in [-0.4, -0.2) is 11.0 Å². The molecule has 0 aliphatic rings. The highest BCUT2D eigenvalue weighted by molar-refractivity contribution is 6.32. The molecule has 0 saturated carbocycles. The molecule has 0 amide bonds. The van der Waals surface area contributed by atoms with Crippen molar-refractivity contribution >= 4 is 22.5 Å². The second-order valence-corrected chi connectivity index (χ2v) is 6.53. The van der Waals surface area contributed by atoms with Gasteiger partial charge in [0.1, 0.15) is 0 Å². The Balaban J connectivity index is 2.53. The maximum atomic E-state index is 6.27. The Labute approximate surface area is 132 Å². The van der Waals surface area contributed by atoms with E-state index in [1.807, 2.05) is 13.0 Å². The van der Waals surface area contributed by atoms with Crippen LogP contribution in [0.2, 0.25) is 5.02 Å². The molecular weight excluding hydrogens is 280 g/mol. The van der Waals surface area contributed by atoms with E-state index >= 15 is 0 Å². The van der Waals surface area contributed by atoms with Crippen molar-refractivity contribution in [2.45, 2.75) is 59.5 Å². The van der Waals surface area contributed by atoms with Crippen LogP contribution in [0.3, 0.4) is 0 Å². The number of rotatable bonds is 5. The van der Waals surface area contributed by atoms with Gasteiger partial charge >= 0.3 is 0 Å². The number of hydrogen-bond donors (Lipinski definition) is 1. The molecule has 1 aromatic heterocycles. The van der Waals surface area contributed by atoms with Crippen LogP contribution in [-0.2, 0) is 6.54 Å². The average Bonchev–Trinajstić information content (AvgIpc) is 2.47. The quantitative estimate of drug-likeness (QED) is 0.820. The minimum absolute atomic E-state index is 0.412. The summed E-state index contributed by atoms with van der Waals surface area (Å²) in [6, 6.07) is 6.82. The summed E-state index contributed by atoms with van der Waals surface area (Å²) in [6.45, 7) is 11.7. The molecule has 2 rings (SSSR count). The summed E-state index contributed by atoms with van der Waals surface area (Å²) >= 11 is 6.27. The monoisotopic (exact) mass is 304 g/mol. The van der Waals surface area contributed by atoms with Gasteiger partial charge in [0, 0.05) is 28.7 Å². The third kappa shape index (κ3) is 3.56. The molecule has 0 spiro atoms. The van der Waals surface area contributed by atoms with Crippen molar-refractivity contribution in [3.05, 3.63) is 40.0 Å². The van der Waals surface area contributed by atoms with Crippen molar-refractivity contribution in [2.24, 2.45) is 0 Å². The lowest BCUT2D eigenvalue weighted by molar-refractivity contribution is 0.535. The Hall–Kier alpha value is -1.12. The van der Waals surface area contributed by atoms with E-state index in [9.17, 15) is 0 Å². The predicted octanol–water partition coefficient (Wildman–Crippen LogP) is 5.21.